The van der Waals surface area contributed by atoms with E-state index in [-0.39, 0.29) is 17.6 Å². The van der Waals surface area contributed by atoms with Gasteiger partial charge in [-0.15, -0.1) is 0 Å². The van der Waals surface area contributed by atoms with Crippen molar-refractivity contribution in [1.82, 2.24) is 19.7 Å². The maximum atomic E-state index is 13.4. The Labute approximate surface area is 187 Å². The van der Waals surface area contributed by atoms with Crippen LogP contribution in [0.25, 0.3) is 11.0 Å². The number of hydrogen-bond donors (Lipinski definition) is 3. The highest BCUT2D eigenvalue weighted by Gasteiger charge is 2.39. The molecule has 4 N–H and O–H groups in total. The minimum atomic E-state index is -4.52. The Kier molecular flexibility index (Phi) is 5.43. The molecular formula is C22H24F3N7O. The number of fused-ring (bicyclic) bond motifs is 2. The van der Waals surface area contributed by atoms with Gasteiger partial charge < -0.3 is 16.4 Å². The van der Waals surface area contributed by atoms with Gasteiger partial charge in [0.05, 0.1) is 22.7 Å². The number of carbonyl (C=O) groups is 1. The monoisotopic (exact) mass is 459 g/mol. The molecule has 1 atom stereocenters. The summed E-state index contributed by atoms with van der Waals surface area (Å²) in [6.07, 6.45) is 2.22. The average molecular weight is 459 g/mol. The quantitative estimate of drug-likeness (QED) is 0.484. The molecule has 5 rings (SSSR count). The van der Waals surface area contributed by atoms with Crippen LogP contribution in [0.15, 0.2) is 24.4 Å². The molecule has 0 spiro atoms. The molecule has 2 aromatic heterocycles. The molecule has 1 saturated carbocycles. The third-order valence-corrected chi connectivity index (χ3v) is 6.27. The number of anilines is 2. The Morgan fingerprint density at radius 3 is 2.73 bits per heavy atom. The van der Waals surface area contributed by atoms with E-state index in [0.717, 1.165) is 37.8 Å². The van der Waals surface area contributed by atoms with Crippen molar-refractivity contribution in [2.45, 2.75) is 50.2 Å². The third kappa shape index (κ3) is 4.01. The number of nitrogens with zero attached hydrogens (tertiary/aromatic N) is 4. The van der Waals surface area contributed by atoms with Gasteiger partial charge in [-0.05, 0) is 49.6 Å². The molecule has 174 valence electrons. The maximum Gasteiger partial charge on any atom is 0.416 e. The molecule has 8 nitrogen and oxygen atoms in total. The standard InChI is InChI=1S/C22H24F3N7O/c23-22(24,25)12-6-7-16-14(10-12)17(20(33)28-16)18-15-11-32(13-4-1-2-5-13)31-19(15)30-21(29-18)27-9-3-8-26/h6-7,10-11,13,17H,1-5,8-9,26H2,(H,28,33)(H,27,30,31). The number of carbonyl (C=O) groups excluding carboxylic acids is 1. The fourth-order valence-electron chi connectivity index (χ4n) is 4.61. The predicted octanol–water partition coefficient (Wildman–Crippen LogP) is 3.80. The van der Waals surface area contributed by atoms with E-state index in [1.807, 2.05) is 10.9 Å². The number of alkyl halides is 3. The molecule has 33 heavy (non-hydrogen) atoms. The lowest BCUT2D eigenvalue weighted by Crippen LogP contribution is -2.17. The molecule has 1 unspecified atom stereocenters. The van der Waals surface area contributed by atoms with E-state index in [1.165, 1.54) is 6.07 Å². The number of nitrogens with one attached hydrogen (secondary N) is 2. The largest absolute Gasteiger partial charge is 0.416 e. The zero-order chi connectivity index (χ0) is 23.2. The highest BCUT2D eigenvalue weighted by molar-refractivity contribution is 6.06. The van der Waals surface area contributed by atoms with Crippen LogP contribution < -0.4 is 16.4 Å². The summed E-state index contributed by atoms with van der Waals surface area (Å²) in [4.78, 5) is 22.0. The second kappa shape index (κ2) is 8.29. The molecule has 1 aliphatic heterocycles. The van der Waals surface area contributed by atoms with Crippen molar-refractivity contribution in [1.29, 1.82) is 0 Å². The van der Waals surface area contributed by atoms with Gasteiger partial charge in [0.25, 0.3) is 0 Å². The van der Waals surface area contributed by atoms with E-state index < -0.39 is 23.6 Å². The molecule has 2 aliphatic rings. The second-order valence-electron chi connectivity index (χ2n) is 8.51. The van der Waals surface area contributed by atoms with Gasteiger partial charge in [-0.25, -0.2) is 4.98 Å². The Hall–Kier alpha value is -3.21. The second-order valence-corrected chi connectivity index (χ2v) is 8.51. The van der Waals surface area contributed by atoms with Crippen LogP contribution in [0, 0.1) is 0 Å². The van der Waals surface area contributed by atoms with Gasteiger partial charge in [-0.1, -0.05) is 12.8 Å². The van der Waals surface area contributed by atoms with Crippen molar-refractivity contribution >= 4 is 28.6 Å². The van der Waals surface area contributed by atoms with Crippen LogP contribution in [-0.4, -0.2) is 38.7 Å². The van der Waals surface area contributed by atoms with E-state index in [0.29, 0.717) is 41.9 Å². The molecule has 3 aromatic rings. The van der Waals surface area contributed by atoms with Crippen molar-refractivity contribution in [2.75, 3.05) is 23.7 Å². The van der Waals surface area contributed by atoms with Crippen molar-refractivity contribution in [3.05, 3.63) is 41.2 Å². The Balaban J connectivity index is 1.64. The van der Waals surface area contributed by atoms with Crippen molar-refractivity contribution < 1.29 is 18.0 Å². The molecule has 0 radical (unpaired) electrons. The Morgan fingerprint density at radius 2 is 2.00 bits per heavy atom. The first-order valence-corrected chi connectivity index (χ1v) is 11.1. The normalized spacial score (nSPS) is 18.7. The number of amides is 1. The third-order valence-electron chi connectivity index (χ3n) is 6.27. The summed E-state index contributed by atoms with van der Waals surface area (Å²) in [5, 5.41) is 11.0. The van der Waals surface area contributed by atoms with Gasteiger partial charge in [0.15, 0.2) is 5.65 Å². The van der Waals surface area contributed by atoms with Crippen LogP contribution in [0.5, 0.6) is 0 Å². The van der Waals surface area contributed by atoms with E-state index in [1.54, 1.807) is 0 Å². The van der Waals surface area contributed by atoms with Crippen LogP contribution in [0.4, 0.5) is 24.8 Å². The summed E-state index contributed by atoms with van der Waals surface area (Å²) < 4.78 is 42.0. The van der Waals surface area contributed by atoms with Gasteiger partial charge in [-0.3, -0.25) is 9.48 Å². The lowest BCUT2D eigenvalue weighted by atomic mass is 9.93. The van der Waals surface area contributed by atoms with Gasteiger partial charge in [0.1, 0.15) is 5.92 Å². The van der Waals surface area contributed by atoms with Crippen LogP contribution in [0.1, 0.15) is 60.9 Å². The minimum absolute atomic E-state index is 0.238. The summed E-state index contributed by atoms with van der Waals surface area (Å²) in [6, 6.07) is 3.52. The highest BCUT2D eigenvalue weighted by Crippen LogP contribution is 2.42. The number of aromatic nitrogens is 4. The molecule has 3 heterocycles. The first kappa shape index (κ1) is 21.6. The van der Waals surface area contributed by atoms with E-state index in [9.17, 15) is 18.0 Å². The van der Waals surface area contributed by atoms with Gasteiger partial charge in [-0.2, -0.15) is 23.3 Å². The zero-order valence-electron chi connectivity index (χ0n) is 17.8. The molecule has 1 aromatic carbocycles. The zero-order valence-corrected chi connectivity index (χ0v) is 17.8. The average Bonchev–Trinajstić information content (AvgIpc) is 3.50. The number of benzene rings is 1. The van der Waals surface area contributed by atoms with Gasteiger partial charge in [0.2, 0.25) is 11.9 Å². The lowest BCUT2D eigenvalue weighted by molar-refractivity contribution is -0.137. The molecule has 0 saturated heterocycles. The SMILES string of the molecule is NCCCNc1nc(C2C(=O)Nc3ccc(C(F)(F)F)cc32)c2cn(C3CCCC3)nc2n1. The van der Waals surface area contributed by atoms with Crippen LogP contribution in [0.2, 0.25) is 0 Å². The number of halogens is 3. The van der Waals surface area contributed by atoms with E-state index >= 15 is 0 Å². The topological polar surface area (TPSA) is 111 Å². The van der Waals surface area contributed by atoms with Gasteiger partial charge in [0, 0.05) is 18.4 Å². The number of rotatable bonds is 6. The van der Waals surface area contributed by atoms with Crippen LogP contribution in [-0.2, 0) is 11.0 Å². The summed E-state index contributed by atoms with van der Waals surface area (Å²) >= 11 is 0. The summed E-state index contributed by atoms with van der Waals surface area (Å²) in [5.41, 5.74) is 6.11. The van der Waals surface area contributed by atoms with Crippen molar-refractivity contribution in [3.8, 4) is 0 Å². The van der Waals surface area contributed by atoms with Crippen LogP contribution in [0.3, 0.4) is 0 Å². The van der Waals surface area contributed by atoms with E-state index in [4.69, 9.17) is 5.73 Å². The fourth-order valence-corrected chi connectivity index (χ4v) is 4.61. The first-order chi connectivity index (χ1) is 15.8. The smallest absolute Gasteiger partial charge is 0.354 e. The molecule has 11 heteroatoms. The number of nitrogens with two attached hydrogens (primary N) is 1. The first-order valence-electron chi connectivity index (χ1n) is 11.1. The van der Waals surface area contributed by atoms with Crippen LogP contribution >= 0.6 is 0 Å². The molecule has 0 bridgehead atoms. The molecule has 1 fully saturated rings. The molecule has 1 aliphatic carbocycles. The van der Waals surface area contributed by atoms with Crippen molar-refractivity contribution in [3.63, 3.8) is 0 Å². The summed E-state index contributed by atoms with van der Waals surface area (Å²) in [6.45, 7) is 1.01. The summed E-state index contributed by atoms with van der Waals surface area (Å²) in [7, 11) is 0. The van der Waals surface area contributed by atoms with E-state index in [2.05, 4.69) is 25.7 Å². The highest BCUT2D eigenvalue weighted by atomic mass is 19.4. The Morgan fingerprint density at radius 1 is 1.21 bits per heavy atom. The minimum Gasteiger partial charge on any atom is -0.354 e. The molecular weight excluding hydrogens is 435 g/mol. The number of hydrogen-bond acceptors (Lipinski definition) is 6. The predicted molar refractivity (Wildman–Crippen MR) is 117 cm³/mol. The Bertz CT molecular complexity index is 1200. The maximum absolute atomic E-state index is 13.4. The van der Waals surface area contributed by atoms with Gasteiger partial charge >= 0.3 is 6.18 Å². The fraction of sp³-hybridized carbons (Fsp3) is 0.455. The van der Waals surface area contributed by atoms with Crippen molar-refractivity contribution in [2.24, 2.45) is 5.73 Å². The summed E-state index contributed by atoms with van der Waals surface area (Å²) in [5.74, 6) is -1.15. The molecule has 1 amide bonds. The lowest BCUT2D eigenvalue weighted by Gasteiger charge is -2.13.